The van der Waals surface area contributed by atoms with Gasteiger partial charge in [0.05, 0.1) is 0 Å². The zero-order valence-corrected chi connectivity index (χ0v) is 29.9. The molecular weight excluding hydrogens is 480 g/mol. The molecule has 0 N–H and O–H groups in total. The molecule has 240 valence electrons. The number of rotatable bonds is 12. The Kier molecular flexibility index (Phi) is 21.4. The van der Waals surface area contributed by atoms with Gasteiger partial charge in [0, 0.05) is 0 Å². The first-order valence-corrected chi connectivity index (χ1v) is 19.0. The van der Waals surface area contributed by atoms with Crippen LogP contribution in [0.1, 0.15) is 198 Å². The topological polar surface area (TPSA) is 0 Å². The standard InChI is InChI=1S/C40H80/c1-11-32(5)23-34(7)26-39-21-19-17-15-13-14-16-18-20-38(22-31(3)4)30-40(28-35(8)24-33(6)12-2)29-37(10)25-36(9)27-39/h31-40H,11-30H2,1-10H3. The van der Waals surface area contributed by atoms with Crippen molar-refractivity contribution < 1.29 is 0 Å². The minimum atomic E-state index is 0.845. The summed E-state index contributed by atoms with van der Waals surface area (Å²) in [4.78, 5) is 0. The van der Waals surface area contributed by atoms with Crippen molar-refractivity contribution in [1.82, 2.24) is 0 Å². The molecule has 9 unspecified atom stereocenters. The molecule has 9 atom stereocenters. The molecule has 0 aliphatic heterocycles. The number of hydrogen-bond donors (Lipinski definition) is 0. The smallest absolute Gasteiger partial charge is 0.0407 e. The lowest BCUT2D eigenvalue weighted by molar-refractivity contribution is 0.204. The second kappa shape index (κ2) is 22.5. The van der Waals surface area contributed by atoms with Gasteiger partial charge in [-0.25, -0.2) is 0 Å². The first-order valence-electron chi connectivity index (χ1n) is 19.0. The molecule has 0 spiro atoms. The van der Waals surface area contributed by atoms with Gasteiger partial charge in [-0.3, -0.25) is 0 Å². The highest BCUT2D eigenvalue weighted by molar-refractivity contribution is 4.76. The lowest BCUT2D eigenvalue weighted by Gasteiger charge is -2.31. The molecule has 0 aromatic carbocycles. The van der Waals surface area contributed by atoms with E-state index in [9.17, 15) is 0 Å². The molecular formula is C40H80. The molecule has 1 fully saturated rings. The number of hydrogen-bond acceptors (Lipinski definition) is 0. The summed E-state index contributed by atoms with van der Waals surface area (Å²) in [6.07, 6.45) is 29.3. The highest BCUT2D eigenvalue weighted by Crippen LogP contribution is 2.37. The molecule has 0 bridgehead atoms. The van der Waals surface area contributed by atoms with Gasteiger partial charge in [-0.15, -0.1) is 0 Å². The van der Waals surface area contributed by atoms with E-state index in [1.54, 1.807) is 0 Å². The normalized spacial score (nSPS) is 30.2. The maximum absolute atomic E-state index is 2.62. The van der Waals surface area contributed by atoms with E-state index in [4.69, 9.17) is 0 Å². The minimum Gasteiger partial charge on any atom is -0.0651 e. The van der Waals surface area contributed by atoms with E-state index in [0.717, 1.165) is 59.2 Å². The van der Waals surface area contributed by atoms with Gasteiger partial charge in [-0.2, -0.15) is 0 Å². The molecule has 0 heterocycles. The molecule has 40 heavy (non-hydrogen) atoms. The quantitative estimate of drug-likeness (QED) is 0.223. The largest absolute Gasteiger partial charge is 0.0651 e. The summed E-state index contributed by atoms with van der Waals surface area (Å²) >= 11 is 0. The molecule has 1 aliphatic carbocycles. The van der Waals surface area contributed by atoms with Crippen LogP contribution < -0.4 is 0 Å². The third kappa shape index (κ3) is 19.2. The van der Waals surface area contributed by atoms with E-state index in [-0.39, 0.29) is 0 Å². The average Bonchev–Trinajstić information content (AvgIpc) is 2.85. The van der Waals surface area contributed by atoms with Crippen LogP contribution in [0.25, 0.3) is 0 Å². The Labute approximate surface area is 256 Å². The third-order valence-electron chi connectivity index (χ3n) is 10.9. The van der Waals surface area contributed by atoms with Gasteiger partial charge in [0.25, 0.3) is 0 Å². The molecule has 0 aromatic rings. The van der Waals surface area contributed by atoms with Crippen LogP contribution in [-0.4, -0.2) is 0 Å². The van der Waals surface area contributed by atoms with Crippen molar-refractivity contribution in [3.63, 3.8) is 0 Å². The molecule has 1 saturated carbocycles. The van der Waals surface area contributed by atoms with Gasteiger partial charge in [-0.05, 0) is 117 Å². The van der Waals surface area contributed by atoms with E-state index >= 15 is 0 Å². The lowest BCUT2D eigenvalue weighted by Crippen LogP contribution is -2.19. The highest BCUT2D eigenvalue weighted by Gasteiger charge is 2.25. The molecule has 0 saturated heterocycles. The third-order valence-corrected chi connectivity index (χ3v) is 10.9. The fourth-order valence-corrected chi connectivity index (χ4v) is 8.90. The molecule has 1 aliphatic rings. The Morgan fingerprint density at radius 1 is 0.450 bits per heavy atom. The summed E-state index contributed by atoms with van der Waals surface area (Å²) in [5.74, 6) is 9.04. The summed E-state index contributed by atoms with van der Waals surface area (Å²) in [5.41, 5.74) is 0. The van der Waals surface area contributed by atoms with Crippen molar-refractivity contribution in [2.45, 2.75) is 198 Å². The van der Waals surface area contributed by atoms with E-state index in [1.807, 2.05) is 0 Å². The van der Waals surface area contributed by atoms with Crippen LogP contribution in [0.3, 0.4) is 0 Å². The predicted octanol–water partition coefficient (Wildman–Crippen LogP) is 14.2. The van der Waals surface area contributed by atoms with Gasteiger partial charge in [0.1, 0.15) is 0 Å². The molecule has 0 radical (unpaired) electrons. The zero-order valence-electron chi connectivity index (χ0n) is 29.9. The van der Waals surface area contributed by atoms with Crippen LogP contribution in [0.15, 0.2) is 0 Å². The first-order chi connectivity index (χ1) is 19.0. The van der Waals surface area contributed by atoms with Crippen LogP contribution in [0.2, 0.25) is 0 Å². The van der Waals surface area contributed by atoms with Crippen molar-refractivity contribution in [2.24, 2.45) is 59.2 Å². The lowest BCUT2D eigenvalue weighted by atomic mass is 9.75. The van der Waals surface area contributed by atoms with Crippen LogP contribution in [-0.2, 0) is 0 Å². The Hall–Kier alpha value is 0. The Bertz CT molecular complexity index is 562. The average molecular weight is 561 g/mol. The molecule has 1 rings (SSSR count). The second-order valence-corrected chi connectivity index (χ2v) is 16.6. The van der Waals surface area contributed by atoms with Gasteiger partial charge in [-0.1, -0.05) is 140 Å². The monoisotopic (exact) mass is 561 g/mol. The van der Waals surface area contributed by atoms with Gasteiger partial charge in [0.2, 0.25) is 0 Å². The van der Waals surface area contributed by atoms with Crippen molar-refractivity contribution >= 4 is 0 Å². The fraction of sp³-hybridized carbons (Fsp3) is 1.00. The predicted molar refractivity (Wildman–Crippen MR) is 184 cm³/mol. The maximum atomic E-state index is 2.62. The maximum Gasteiger partial charge on any atom is -0.0407 e. The highest BCUT2D eigenvalue weighted by atomic mass is 14.3. The summed E-state index contributed by atoms with van der Waals surface area (Å²) in [6, 6.07) is 0. The van der Waals surface area contributed by atoms with E-state index in [0.29, 0.717) is 0 Å². The molecule has 0 aromatic heterocycles. The van der Waals surface area contributed by atoms with E-state index < -0.39 is 0 Å². The van der Waals surface area contributed by atoms with Crippen LogP contribution in [0.5, 0.6) is 0 Å². The summed E-state index contributed by atoms with van der Waals surface area (Å²) < 4.78 is 0. The van der Waals surface area contributed by atoms with Crippen molar-refractivity contribution in [1.29, 1.82) is 0 Å². The minimum absolute atomic E-state index is 0.845. The SMILES string of the molecule is CCC(C)CC(C)CC1CCCCCCCCCC(CC(C)C)CC(CC(C)CC(C)CC)CC(C)CC(C)C1. The summed E-state index contributed by atoms with van der Waals surface area (Å²) in [7, 11) is 0. The fourth-order valence-electron chi connectivity index (χ4n) is 8.90. The Balaban J connectivity index is 2.95. The van der Waals surface area contributed by atoms with Crippen molar-refractivity contribution in [3.05, 3.63) is 0 Å². The van der Waals surface area contributed by atoms with Crippen LogP contribution in [0.4, 0.5) is 0 Å². The van der Waals surface area contributed by atoms with Gasteiger partial charge >= 0.3 is 0 Å². The zero-order chi connectivity index (χ0) is 29.9. The van der Waals surface area contributed by atoms with Crippen molar-refractivity contribution in [3.8, 4) is 0 Å². The molecule has 0 heteroatoms. The summed E-state index contributed by atoms with van der Waals surface area (Å²) in [5, 5.41) is 0. The molecule has 0 amide bonds. The van der Waals surface area contributed by atoms with Crippen molar-refractivity contribution in [2.75, 3.05) is 0 Å². The van der Waals surface area contributed by atoms with Gasteiger partial charge < -0.3 is 0 Å². The Morgan fingerprint density at radius 2 is 0.850 bits per heavy atom. The molecule has 0 nitrogen and oxygen atoms in total. The van der Waals surface area contributed by atoms with Crippen LogP contribution >= 0.6 is 0 Å². The van der Waals surface area contributed by atoms with Gasteiger partial charge in [0.15, 0.2) is 0 Å². The summed E-state index contributed by atoms with van der Waals surface area (Å²) in [6.45, 7) is 25.0. The Morgan fingerprint density at radius 3 is 1.30 bits per heavy atom. The van der Waals surface area contributed by atoms with E-state index in [2.05, 4.69) is 69.2 Å². The first kappa shape index (κ1) is 38.0. The second-order valence-electron chi connectivity index (χ2n) is 16.6. The van der Waals surface area contributed by atoms with Crippen LogP contribution in [0, 0.1) is 59.2 Å². The van der Waals surface area contributed by atoms with E-state index in [1.165, 1.54) is 128 Å².